The Labute approximate surface area is 135 Å². The van der Waals surface area contributed by atoms with Crippen molar-refractivity contribution in [3.8, 4) is 0 Å². The lowest BCUT2D eigenvalue weighted by atomic mass is 10.1. The van der Waals surface area contributed by atoms with Gasteiger partial charge >= 0.3 is 5.97 Å². The zero-order valence-corrected chi connectivity index (χ0v) is 13.8. The molecule has 20 heavy (non-hydrogen) atoms. The van der Waals surface area contributed by atoms with Crippen molar-refractivity contribution < 1.29 is 14.3 Å². The number of rotatable bonds is 3. The number of carbonyl (C=O) groups is 2. The maximum Gasteiger partial charge on any atom is 0.340 e. The fraction of sp³-hybridized carbons (Fsp3) is 0.385. The number of hydrogen-bond acceptors (Lipinski definition) is 3. The van der Waals surface area contributed by atoms with Crippen LogP contribution >= 0.6 is 39.1 Å². The first kappa shape index (κ1) is 15.6. The number of esters is 1. The molecule has 1 heterocycles. The van der Waals surface area contributed by atoms with Crippen molar-refractivity contribution in [3.63, 3.8) is 0 Å². The molecule has 4 nitrogen and oxygen atoms in total. The molecule has 1 saturated heterocycles. The van der Waals surface area contributed by atoms with Crippen LogP contribution < -0.4 is 4.90 Å². The minimum Gasteiger partial charge on any atom is -0.465 e. The van der Waals surface area contributed by atoms with E-state index < -0.39 is 5.97 Å². The van der Waals surface area contributed by atoms with E-state index in [1.165, 1.54) is 12.0 Å². The summed E-state index contributed by atoms with van der Waals surface area (Å²) in [7, 11) is 1.29. The number of nitrogens with zero attached hydrogens (tertiary/aromatic N) is 1. The maximum absolute atomic E-state index is 12.1. The van der Waals surface area contributed by atoms with Gasteiger partial charge in [0.1, 0.15) is 0 Å². The molecular weight excluding hydrogens is 369 g/mol. The van der Waals surface area contributed by atoms with Gasteiger partial charge in [-0.1, -0.05) is 11.6 Å². The first-order chi connectivity index (χ1) is 9.47. The van der Waals surface area contributed by atoms with Gasteiger partial charge in [-0.3, -0.25) is 4.79 Å². The highest BCUT2D eigenvalue weighted by molar-refractivity contribution is 9.10. The number of methoxy groups -OCH3 is 1. The summed E-state index contributed by atoms with van der Waals surface area (Å²) in [5, 5.41) is 0.426. The summed E-state index contributed by atoms with van der Waals surface area (Å²) in [6, 6.07) is 3.15. The molecule has 1 aliphatic heterocycles. The van der Waals surface area contributed by atoms with Crippen LogP contribution in [0.4, 0.5) is 5.69 Å². The summed E-state index contributed by atoms with van der Waals surface area (Å²) in [4.78, 5) is 25.5. The van der Waals surface area contributed by atoms with Crippen molar-refractivity contribution in [2.75, 3.05) is 24.4 Å². The van der Waals surface area contributed by atoms with E-state index >= 15 is 0 Å². The Morgan fingerprint density at radius 1 is 1.55 bits per heavy atom. The lowest BCUT2D eigenvalue weighted by Crippen LogP contribution is -2.27. The summed E-state index contributed by atoms with van der Waals surface area (Å²) in [6.45, 7) is 0.476. The molecule has 0 bridgehead atoms. The Morgan fingerprint density at radius 2 is 2.25 bits per heavy atom. The van der Waals surface area contributed by atoms with Gasteiger partial charge in [0.15, 0.2) is 0 Å². The monoisotopic (exact) mass is 379 g/mol. The molecule has 0 spiro atoms. The van der Waals surface area contributed by atoms with Crippen LogP contribution in [0.25, 0.3) is 0 Å². The van der Waals surface area contributed by atoms with E-state index in [-0.39, 0.29) is 11.8 Å². The zero-order valence-electron chi connectivity index (χ0n) is 10.7. The van der Waals surface area contributed by atoms with Crippen LogP contribution in [0.15, 0.2) is 16.6 Å². The molecule has 1 aromatic carbocycles. The Kier molecular flexibility index (Phi) is 4.94. The molecule has 1 fully saturated rings. The number of anilines is 1. The lowest BCUT2D eigenvalue weighted by molar-refractivity contribution is -0.117. The minimum atomic E-state index is -0.514. The molecule has 0 radical (unpaired) electrons. The van der Waals surface area contributed by atoms with E-state index in [2.05, 4.69) is 15.9 Å². The van der Waals surface area contributed by atoms with Crippen LogP contribution in [0, 0.1) is 5.92 Å². The Balaban J connectivity index is 2.47. The second-order valence-electron chi connectivity index (χ2n) is 4.50. The smallest absolute Gasteiger partial charge is 0.340 e. The van der Waals surface area contributed by atoms with Gasteiger partial charge in [-0.2, -0.15) is 0 Å². The van der Waals surface area contributed by atoms with Crippen LogP contribution in [0.2, 0.25) is 5.02 Å². The predicted octanol–water partition coefficient (Wildman–Crippen LogP) is 3.48. The Morgan fingerprint density at radius 3 is 2.80 bits per heavy atom. The molecule has 1 amide bonds. The summed E-state index contributed by atoms with van der Waals surface area (Å²) < 4.78 is 5.33. The topological polar surface area (TPSA) is 46.6 Å². The van der Waals surface area contributed by atoms with Gasteiger partial charge in [0, 0.05) is 23.3 Å². The summed E-state index contributed by atoms with van der Waals surface area (Å²) in [6.07, 6.45) is 0.373. The first-order valence-electron chi connectivity index (χ1n) is 5.91. The molecule has 108 valence electrons. The average Bonchev–Trinajstić information content (AvgIpc) is 2.81. The van der Waals surface area contributed by atoms with E-state index in [1.807, 2.05) is 0 Å². The summed E-state index contributed by atoms with van der Waals surface area (Å²) in [5.41, 5.74) is 0.759. The number of alkyl halides is 1. The van der Waals surface area contributed by atoms with Gasteiger partial charge < -0.3 is 9.64 Å². The highest BCUT2D eigenvalue weighted by Crippen LogP contribution is 2.35. The quantitative estimate of drug-likeness (QED) is 0.595. The molecule has 7 heteroatoms. The molecular formula is C13H12BrCl2NO3. The third-order valence-corrected chi connectivity index (χ3v) is 4.79. The summed E-state index contributed by atoms with van der Waals surface area (Å²) >= 11 is 15.1. The number of benzene rings is 1. The number of halogens is 3. The van der Waals surface area contributed by atoms with Crippen molar-refractivity contribution in [3.05, 3.63) is 27.2 Å². The third-order valence-electron chi connectivity index (χ3n) is 3.16. The molecule has 0 saturated carbocycles. The van der Waals surface area contributed by atoms with E-state index in [1.54, 1.807) is 12.1 Å². The molecule has 1 unspecified atom stereocenters. The number of hydrogen-bond donors (Lipinski definition) is 0. The molecule has 1 atom stereocenters. The highest BCUT2D eigenvalue weighted by Gasteiger charge is 2.32. The third kappa shape index (κ3) is 2.95. The van der Waals surface area contributed by atoms with Crippen molar-refractivity contribution in [2.24, 2.45) is 5.92 Å². The van der Waals surface area contributed by atoms with Crippen LogP contribution in [-0.2, 0) is 9.53 Å². The number of carbonyl (C=O) groups excluding carboxylic acids is 2. The van der Waals surface area contributed by atoms with Crippen LogP contribution in [0.3, 0.4) is 0 Å². The van der Waals surface area contributed by atoms with Gasteiger partial charge in [-0.05, 0) is 34.0 Å². The van der Waals surface area contributed by atoms with Crippen LogP contribution in [0.1, 0.15) is 16.8 Å². The van der Waals surface area contributed by atoms with Crippen molar-refractivity contribution in [2.45, 2.75) is 6.42 Å². The molecule has 2 rings (SSSR count). The standard InChI is InChI=1S/C13H12BrCl2NO3/c1-20-13(19)8-3-9(14)10(16)4-11(8)17-6-7(5-15)2-12(17)18/h3-4,7H,2,5-6H2,1H3. The molecule has 0 aliphatic carbocycles. The second kappa shape index (κ2) is 6.33. The number of amides is 1. The van der Waals surface area contributed by atoms with Gasteiger partial charge in [0.05, 0.1) is 23.4 Å². The van der Waals surface area contributed by atoms with E-state index in [0.29, 0.717) is 39.6 Å². The number of ether oxygens (including phenoxy) is 1. The highest BCUT2D eigenvalue weighted by atomic mass is 79.9. The van der Waals surface area contributed by atoms with Gasteiger partial charge in [-0.25, -0.2) is 4.79 Å². The van der Waals surface area contributed by atoms with Crippen LogP contribution in [-0.4, -0.2) is 31.4 Å². The molecule has 0 aromatic heterocycles. The Bertz CT molecular complexity index is 565. The zero-order chi connectivity index (χ0) is 14.9. The molecule has 0 N–H and O–H groups in total. The SMILES string of the molecule is COC(=O)c1cc(Br)c(Cl)cc1N1CC(CCl)CC1=O. The average molecular weight is 381 g/mol. The van der Waals surface area contributed by atoms with Gasteiger partial charge in [0.2, 0.25) is 5.91 Å². The maximum atomic E-state index is 12.1. The molecule has 1 aliphatic rings. The Hall–Kier alpha value is -0.780. The van der Waals surface area contributed by atoms with E-state index in [4.69, 9.17) is 27.9 Å². The van der Waals surface area contributed by atoms with E-state index in [9.17, 15) is 9.59 Å². The predicted molar refractivity (Wildman–Crippen MR) is 81.7 cm³/mol. The molecule has 1 aromatic rings. The second-order valence-corrected chi connectivity index (χ2v) is 6.07. The van der Waals surface area contributed by atoms with Gasteiger partial charge in [-0.15, -0.1) is 11.6 Å². The van der Waals surface area contributed by atoms with Crippen molar-refractivity contribution >= 4 is 56.7 Å². The van der Waals surface area contributed by atoms with Crippen molar-refractivity contribution in [1.82, 2.24) is 0 Å². The van der Waals surface area contributed by atoms with Crippen molar-refractivity contribution in [1.29, 1.82) is 0 Å². The largest absolute Gasteiger partial charge is 0.465 e. The normalized spacial score (nSPS) is 18.5. The van der Waals surface area contributed by atoms with E-state index in [0.717, 1.165) is 0 Å². The fourth-order valence-corrected chi connectivity index (χ4v) is 2.86. The lowest BCUT2D eigenvalue weighted by Gasteiger charge is -2.20. The van der Waals surface area contributed by atoms with Gasteiger partial charge in [0.25, 0.3) is 0 Å². The fourth-order valence-electron chi connectivity index (χ4n) is 2.15. The first-order valence-corrected chi connectivity index (χ1v) is 7.62. The minimum absolute atomic E-state index is 0.0702. The summed E-state index contributed by atoms with van der Waals surface area (Å²) in [5.74, 6) is -0.101. The van der Waals surface area contributed by atoms with Crippen LogP contribution in [0.5, 0.6) is 0 Å².